The van der Waals surface area contributed by atoms with Crippen molar-refractivity contribution in [2.75, 3.05) is 13.2 Å². The molecule has 0 amide bonds. The minimum atomic E-state index is -1.95. The first-order valence-corrected chi connectivity index (χ1v) is 13.0. The second kappa shape index (κ2) is 12.2. The fourth-order valence-corrected chi connectivity index (χ4v) is 4.84. The maximum absolute atomic E-state index is 13.5. The molecule has 2 fully saturated rings. The van der Waals surface area contributed by atoms with Gasteiger partial charge in [0.25, 0.3) is 0 Å². The number of phenolic OH excluding ortho intramolecular Hbond substituents is 2. The average Bonchev–Trinajstić information content (AvgIpc) is 2.99. The number of hydrogen-bond donors (Lipinski definition) is 10. The molecule has 2 aliphatic heterocycles. The molecule has 0 spiro atoms. The molecule has 16 heteroatoms. The monoisotopic (exact) mass is 610 g/mol. The van der Waals surface area contributed by atoms with E-state index in [1.807, 2.05) is 0 Å². The van der Waals surface area contributed by atoms with Gasteiger partial charge in [-0.3, -0.25) is 4.79 Å². The average molecular weight is 611 g/mol. The van der Waals surface area contributed by atoms with Crippen LogP contribution in [-0.2, 0) is 9.47 Å². The van der Waals surface area contributed by atoms with E-state index in [1.165, 1.54) is 24.3 Å². The van der Waals surface area contributed by atoms with Crippen molar-refractivity contribution in [3.63, 3.8) is 0 Å². The lowest BCUT2D eigenvalue weighted by Crippen LogP contribution is -2.60. The molecule has 0 saturated carbocycles. The second-order valence-corrected chi connectivity index (χ2v) is 10.1. The number of fused-ring (bicyclic) bond motifs is 1. The van der Waals surface area contributed by atoms with Crippen LogP contribution in [0.3, 0.4) is 0 Å². The summed E-state index contributed by atoms with van der Waals surface area (Å²) in [6.45, 7) is -1.58. The summed E-state index contributed by atoms with van der Waals surface area (Å²) in [6.07, 6.45) is -16.4. The lowest BCUT2D eigenvalue weighted by Gasteiger charge is -2.41. The van der Waals surface area contributed by atoms with E-state index < -0.39 is 103 Å². The van der Waals surface area contributed by atoms with Crippen LogP contribution in [0.4, 0.5) is 0 Å². The van der Waals surface area contributed by atoms with Gasteiger partial charge in [-0.2, -0.15) is 0 Å². The normalized spacial score (nSPS) is 32.9. The SMILES string of the molecule is O=c1c(-c2ccc(O)cc2)coc2cc(OC3OC(CO)C(O)C(O)C3O)c(OC3OC(CO)C(O)C(O)C3O)c(O)c12. The van der Waals surface area contributed by atoms with E-state index in [4.69, 9.17) is 23.4 Å². The molecular formula is C27H30O16. The highest BCUT2D eigenvalue weighted by Crippen LogP contribution is 2.45. The third-order valence-corrected chi connectivity index (χ3v) is 7.31. The molecule has 2 saturated heterocycles. The zero-order valence-corrected chi connectivity index (χ0v) is 22.1. The van der Waals surface area contributed by atoms with Gasteiger partial charge >= 0.3 is 0 Å². The summed E-state index contributed by atoms with van der Waals surface area (Å²) in [6, 6.07) is 6.53. The Morgan fingerprint density at radius 1 is 0.721 bits per heavy atom. The number of aliphatic hydroxyl groups is 8. The topological polar surface area (TPSA) is 269 Å². The van der Waals surface area contributed by atoms with E-state index in [-0.39, 0.29) is 16.9 Å². The van der Waals surface area contributed by atoms with Gasteiger partial charge in [-0.15, -0.1) is 0 Å². The van der Waals surface area contributed by atoms with Gasteiger partial charge in [0.1, 0.15) is 71.8 Å². The molecule has 3 heterocycles. The van der Waals surface area contributed by atoms with Gasteiger partial charge in [0.2, 0.25) is 23.8 Å². The molecule has 10 N–H and O–H groups in total. The predicted molar refractivity (Wildman–Crippen MR) is 140 cm³/mol. The molecule has 16 nitrogen and oxygen atoms in total. The molecule has 2 aromatic carbocycles. The van der Waals surface area contributed by atoms with Crippen LogP contribution in [-0.4, -0.2) is 126 Å². The zero-order valence-electron chi connectivity index (χ0n) is 22.1. The Hall–Kier alpha value is -3.55. The molecule has 2 aliphatic rings. The van der Waals surface area contributed by atoms with Crippen molar-refractivity contribution in [1.82, 2.24) is 0 Å². The molecule has 234 valence electrons. The number of aliphatic hydroxyl groups excluding tert-OH is 8. The first kappa shape index (κ1) is 30.9. The van der Waals surface area contributed by atoms with Gasteiger partial charge in [-0.1, -0.05) is 12.1 Å². The summed E-state index contributed by atoms with van der Waals surface area (Å²) in [5.74, 6) is -2.24. The first-order chi connectivity index (χ1) is 20.5. The summed E-state index contributed by atoms with van der Waals surface area (Å²) in [5.41, 5.74) is -0.775. The highest BCUT2D eigenvalue weighted by molar-refractivity contribution is 5.91. The summed E-state index contributed by atoms with van der Waals surface area (Å²) in [5, 5.41) is 101. The van der Waals surface area contributed by atoms with Crippen molar-refractivity contribution < 1.29 is 74.4 Å². The van der Waals surface area contributed by atoms with Crippen LogP contribution in [0, 0.1) is 0 Å². The Labute approximate surface area is 241 Å². The highest BCUT2D eigenvalue weighted by atomic mass is 16.7. The quantitative estimate of drug-likeness (QED) is 0.130. The molecule has 10 unspecified atom stereocenters. The molecular weight excluding hydrogens is 580 g/mol. The van der Waals surface area contributed by atoms with E-state index >= 15 is 0 Å². The largest absolute Gasteiger partial charge is 0.508 e. The Morgan fingerprint density at radius 3 is 1.79 bits per heavy atom. The van der Waals surface area contributed by atoms with E-state index in [0.29, 0.717) is 5.56 Å². The summed E-state index contributed by atoms with van der Waals surface area (Å²) < 4.78 is 27.6. The van der Waals surface area contributed by atoms with Crippen molar-refractivity contribution in [3.05, 3.63) is 46.8 Å². The number of benzene rings is 2. The molecule has 0 radical (unpaired) electrons. The van der Waals surface area contributed by atoms with Gasteiger partial charge in [0, 0.05) is 6.07 Å². The molecule has 0 bridgehead atoms. The van der Waals surface area contributed by atoms with E-state index in [1.54, 1.807) is 0 Å². The number of phenols is 2. The molecule has 43 heavy (non-hydrogen) atoms. The van der Waals surface area contributed by atoms with Crippen LogP contribution in [0.2, 0.25) is 0 Å². The van der Waals surface area contributed by atoms with Crippen LogP contribution in [0.1, 0.15) is 0 Å². The molecule has 0 aliphatic carbocycles. The molecule has 1 aromatic heterocycles. The Morgan fingerprint density at radius 2 is 1.26 bits per heavy atom. The van der Waals surface area contributed by atoms with Crippen LogP contribution in [0.25, 0.3) is 22.1 Å². The molecule has 10 atom stereocenters. The Balaban J connectivity index is 1.62. The lowest BCUT2D eigenvalue weighted by molar-refractivity contribution is -0.282. The fourth-order valence-electron chi connectivity index (χ4n) is 4.84. The summed E-state index contributed by atoms with van der Waals surface area (Å²) >= 11 is 0. The third-order valence-electron chi connectivity index (χ3n) is 7.31. The molecule has 5 rings (SSSR count). The van der Waals surface area contributed by atoms with Crippen LogP contribution in [0.15, 0.2) is 45.8 Å². The zero-order chi connectivity index (χ0) is 31.2. The van der Waals surface area contributed by atoms with Crippen molar-refractivity contribution in [2.45, 2.75) is 61.4 Å². The van der Waals surface area contributed by atoms with Crippen molar-refractivity contribution in [2.24, 2.45) is 0 Å². The Bertz CT molecular complexity index is 1490. The van der Waals surface area contributed by atoms with Gasteiger partial charge in [0.15, 0.2) is 11.5 Å². The van der Waals surface area contributed by atoms with Crippen molar-refractivity contribution >= 4 is 11.0 Å². The van der Waals surface area contributed by atoms with Crippen molar-refractivity contribution in [3.8, 4) is 34.1 Å². The smallest absolute Gasteiger partial charge is 0.229 e. The minimum Gasteiger partial charge on any atom is -0.508 e. The van der Waals surface area contributed by atoms with E-state index in [2.05, 4.69) is 0 Å². The van der Waals surface area contributed by atoms with Crippen molar-refractivity contribution in [1.29, 1.82) is 0 Å². The number of hydrogen-bond acceptors (Lipinski definition) is 16. The predicted octanol–water partition coefficient (Wildman–Crippen LogP) is -2.77. The number of aromatic hydroxyl groups is 2. The first-order valence-electron chi connectivity index (χ1n) is 13.0. The Kier molecular flexibility index (Phi) is 8.77. The summed E-state index contributed by atoms with van der Waals surface area (Å²) in [4.78, 5) is 13.5. The van der Waals surface area contributed by atoms with Crippen LogP contribution in [0.5, 0.6) is 23.0 Å². The summed E-state index contributed by atoms with van der Waals surface area (Å²) in [7, 11) is 0. The maximum atomic E-state index is 13.5. The van der Waals surface area contributed by atoms with Gasteiger partial charge in [-0.25, -0.2) is 0 Å². The highest BCUT2D eigenvalue weighted by Gasteiger charge is 2.47. The van der Waals surface area contributed by atoms with Gasteiger partial charge < -0.3 is 74.4 Å². The molecule has 3 aromatic rings. The fraction of sp³-hybridized carbons (Fsp3) is 0.444. The second-order valence-electron chi connectivity index (χ2n) is 10.1. The number of ether oxygens (including phenoxy) is 4. The standard InChI is InChI=1S/C27H30O16/c28-6-14-18(32)21(35)23(37)26(41-14)40-13-5-12-16(17(31)11(8-39-12)9-1-3-10(30)4-2-9)20(34)25(13)43-27-24(38)22(36)19(33)15(7-29)42-27/h1-5,8,14-15,18-19,21-24,26-30,32-38H,6-7H2. The van der Waals surface area contributed by atoms with E-state index in [0.717, 1.165) is 12.3 Å². The van der Waals surface area contributed by atoms with E-state index in [9.17, 15) is 55.9 Å². The van der Waals surface area contributed by atoms with Gasteiger partial charge in [-0.05, 0) is 17.7 Å². The third kappa shape index (κ3) is 5.61. The lowest BCUT2D eigenvalue weighted by atomic mass is 9.99. The number of rotatable bonds is 7. The van der Waals surface area contributed by atoms with Crippen LogP contribution < -0.4 is 14.9 Å². The minimum absolute atomic E-state index is 0.0378. The van der Waals surface area contributed by atoms with Crippen LogP contribution >= 0.6 is 0 Å². The maximum Gasteiger partial charge on any atom is 0.229 e. The van der Waals surface area contributed by atoms with Gasteiger partial charge in [0.05, 0.1) is 18.8 Å².